The summed E-state index contributed by atoms with van der Waals surface area (Å²) in [4.78, 5) is 16.4. The lowest BCUT2D eigenvalue weighted by Gasteiger charge is -2.25. The number of aromatic nitrogens is 4. The van der Waals surface area contributed by atoms with Crippen LogP contribution in [0.3, 0.4) is 0 Å². The summed E-state index contributed by atoms with van der Waals surface area (Å²) in [5, 5.41) is 11.5. The third-order valence-electron chi connectivity index (χ3n) is 4.04. The Labute approximate surface area is 130 Å². The van der Waals surface area contributed by atoms with E-state index in [0.29, 0.717) is 6.42 Å². The number of carbonyl (C=O) groups excluding carboxylic acids is 1. The van der Waals surface area contributed by atoms with Gasteiger partial charge < -0.3 is 9.88 Å². The van der Waals surface area contributed by atoms with Crippen LogP contribution in [-0.2, 0) is 30.6 Å². The Bertz CT molecular complexity index is 648. The Balaban J connectivity index is 1.59. The van der Waals surface area contributed by atoms with Gasteiger partial charge >= 0.3 is 0 Å². The van der Waals surface area contributed by atoms with Crippen molar-refractivity contribution in [2.45, 2.75) is 52.1 Å². The number of rotatable bonds is 4. The van der Waals surface area contributed by atoms with Gasteiger partial charge in [-0.25, -0.2) is 0 Å². The first-order valence-corrected chi connectivity index (χ1v) is 7.77. The van der Waals surface area contributed by atoms with Crippen molar-refractivity contribution in [2.24, 2.45) is 0 Å². The fraction of sp³-hybridized carbons (Fsp3) is 0.500. The molecule has 116 valence electrons. The molecule has 1 amide bonds. The molecule has 1 N–H and O–H groups in total. The van der Waals surface area contributed by atoms with Crippen LogP contribution in [0.5, 0.6) is 0 Å². The topological polar surface area (TPSA) is 72.7 Å². The quantitative estimate of drug-likeness (QED) is 0.921. The third kappa shape index (κ3) is 3.16. The van der Waals surface area contributed by atoms with Crippen molar-refractivity contribution in [3.63, 3.8) is 0 Å². The van der Waals surface area contributed by atoms with E-state index >= 15 is 0 Å². The Morgan fingerprint density at radius 1 is 1.41 bits per heavy atom. The lowest BCUT2D eigenvalue weighted by Crippen LogP contribution is -2.42. The zero-order chi connectivity index (χ0) is 15.5. The minimum absolute atomic E-state index is 0.0465. The predicted octanol–water partition coefficient (Wildman–Crippen LogP) is 1.22. The molecule has 3 rings (SSSR count). The minimum atomic E-state index is 0.0465. The Morgan fingerprint density at radius 2 is 2.27 bits per heavy atom. The van der Waals surface area contributed by atoms with Gasteiger partial charge in [-0.2, -0.15) is 0 Å². The number of aryl methyl sites for hydroxylation is 3. The number of fused-ring (bicyclic) bond motifs is 1. The zero-order valence-corrected chi connectivity index (χ0v) is 13.0. The first-order chi connectivity index (χ1) is 10.7. The molecule has 1 aliphatic heterocycles. The second-order valence-corrected chi connectivity index (χ2v) is 5.78. The van der Waals surface area contributed by atoms with Gasteiger partial charge in [0, 0.05) is 37.3 Å². The fourth-order valence-electron chi connectivity index (χ4n) is 2.83. The number of carbonyl (C=O) groups is 1. The first kappa shape index (κ1) is 14.7. The van der Waals surface area contributed by atoms with E-state index in [0.717, 1.165) is 48.7 Å². The van der Waals surface area contributed by atoms with Gasteiger partial charge in [0.25, 0.3) is 0 Å². The van der Waals surface area contributed by atoms with Crippen molar-refractivity contribution in [1.82, 2.24) is 25.1 Å². The second-order valence-electron chi connectivity index (χ2n) is 5.78. The van der Waals surface area contributed by atoms with Crippen LogP contribution in [-0.4, -0.2) is 31.7 Å². The maximum absolute atomic E-state index is 12.2. The molecule has 1 aliphatic rings. The van der Waals surface area contributed by atoms with E-state index in [-0.39, 0.29) is 11.9 Å². The van der Waals surface area contributed by atoms with Gasteiger partial charge in [0.15, 0.2) is 0 Å². The molecule has 2 aromatic rings. The van der Waals surface area contributed by atoms with Crippen molar-refractivity contribution < 1.29 is 4.79 Å². The van der Waals surface area contributed by atoms with E-state index < -0.39 is 0 Å². The summed E-state index contributed by atoms with van der Waals surface area (Å²) in [6.07, 6.45) is 4.79. The zero-order valence-electron chi connectivity index (χ0n) is 13.0. The lowest BCUT2D eigenvalue weighted by molar-refractivity contribution is -0.121. The highest BCUT2D eigenvalue weighted by Crippen LogP contribution is 2.15. The van der Waals surface area contributed by atoms with Crippen molar-refractivity contribution in [1.29, 1.82) is 0 Å². The summed E-state index contributed by atoms with van der Waals surface area (Å²) < 4.78 is 2.14. The molecule has 0 saturated heterocycles. The van der Waals surface area contributed by atoms with E-state index in [1.165, 1.54) is 0 Å². The van der Waals surface area contributed by atoms with Crippen molar-refractivity contribution >= 4 is 5.91 Å². The van der Waals surface area contributed by atoms with Gasteiger partial charge in [0.1, 0.15) is 11.6 Å². The van der Waals surface area contributed by atoms with Gasteiger partial charge in [0.2, 0.25) is 5.91 Å². The molecule has 0 saturated carbocycles. The summed E-state index contributed by atoms with van der Waals surface area (Å²) in [7, 11) is 0. The van der Waals surface area contributed by atoms with Crippen molar-refractivity contribution in [3.8, 4) is 0 Å². The maximum atomic E-state index is 12.2. The van der Waals surface area contributed by atoms with Crippen molar-refractivity contribution in [2.75, 3.05) is 0 Å². The molecule has 1 atom stereocenters. The van der Waals surface area contributed by atoms with E-state index in [1.54, 1.807) is 6.20 Å². The Kier molecular flexibility index (Phi) is 4.18. The van der Waals surface area contributed by atoms with Crippen LogP contribution in [0, 0.1) is 6.92 Å². The molecule has 6 heteroatoms. The molecule has 3 heterocycles. The van der Waals surface area contributed by atoms with Gasteiger partial charge in [-0.3, -0.25) is 9.78 Å². The SMILES string of the molecule is CCc1nnc2n1C[C@H](NC(=O)Cc1ccc(C)nc1)CC2. The number of hydrogen-bond acceptors (Lipinski definition) is 4. The molecule has 0 fully saturated rings. The average molecular weight is 299 g/mol. The van der Waals surface area contributed by atoms with Crippen LogP contribution < -0.4 is 5.32 Å². The summed E-state index contributed by atoms with van der Waals surface area (Å²) in [5.41, 5.74) is 1.90. The second kappa shape index (κ2) is 6.25. The standard InChI is InChI=1S/C16H21N5O/c1-3-14-19-20-15-7-6-13(10-21(14)15)18-16(22)8-12-5-4-11(2)17-9-12/h4-5,9,13H,3,6-8,10H2,1-2H3,(H,18,22)/t13-/m1/s1. The molecule has 0 aromatic carbocycles. The van der Waals surface area contributed by atoms with E-state index in [1.807, 2.05) is 19.1 Å². The molecule has 0 bridgehead atoms. The first-order valence-electron chi connectivity index (χ1n) is 7.77. The van der Waals surface area contributed by atoms with E-state index in [2.05, 4.69) is 32.0 Å². The van der Waals surface area contributed by atoms with Crippen LogP contribution in [0.2, 0.25) is 0 Å². The predicted molar refractivity (Wildman–Crippen MR) is 82.3 cm³/mol. The molecule has 0 spiro atoms. The highest BCUT2D eigenvalue weighted by atomic mass is 16.1. The minimum Gasteiger partial charge on any atom is -0.351 e. The van der Waals surface area contributed by atoms with Gasteiger partial charge in [-0.1, -0.05) is 13.0 Å². The van der Waals surface area contributed by atoms with E-state index in [4.69, 9.17) is 0 Å². The average Bonchev–Trinajstić information content (AvgIpc) is 2.92. The van der Waals surface area contributed by atoms with Gasteiger partial charge in [-0.15, -0.1) is 10.2 Å². The lowest BCUT2D eigenvalue weighted by atomic mass is 10.1. The number of amides is 1. The molecule has 0 aliphatic carbocycles. The highest BCUT2D eigenvalue weighted by Gasteiger charge is 2.23. The Hall–Kier alpha value is -2.24. The number of nitrogens with one attached hydrogen (secondary N) is 1. The largest absolute Gasteiger partial charge is 0.351 e. The molecular formula is C16H21N5O. The number of pyridine rings is 1. The van der Waals surface area contributed by atoms with Gasteiger partial charge in [0.05, 0.1) is 6.42 Å². The molecule has 0 radical (unpaired) electrons. The normalized spacial score (nSPS) is 17.1. The van der Waals surface area contributed by atoms with Crippen LogP contribution in [0.25, 0.3) is 0 Å². The molecule has 2 aromatic heterocycles. The summed E-state index contributed by atoms with van der Waals surface area (Å²) in [5.74, 6) is 2.08. The van der Waals surface area contributed by atoms with Crippen LogP contribution in [0.15, 0.2) is 18.3 Å². The smallest absolute Gasteiger partial charge is 0.224 e. The molecule has 0 unspecified atom stereocenters. The monoisotopic (exact) mass is 299 g/mol. The van der Waals surface area contributed by atoms with Gasteiger partial charge in [-0.05, 0) is 25.0 Å². The molecule has 22 heavy (non-hydrogen) atoms. The summed E-state index contributed by atoms with van der Waals surface area (Å²) >= 11 is 0. The maximum Gasteiger partial charge on any atom is 0.224 e. The van der Waals surface area contributed by atoms with Crippen LogP contribution in [0.4, 0.5) is 0 Å². The van der Waals surface area contributed by atoms with Crippen LogP contribution in [0.1, 0.15) is 36.3 Å². The van der Waals surface area contributed by atoms with Crippen molar-refractivity contribution in [3.05, 3.63) is 41.2 Å². The number of hydrogen-bond donors (Lipinski definition) is 1. The third-order valence-corrected chi connectivity index (χ3v) is 4.04. The summed E-state index contributed by atoms with van der Waals surface area (Å²) in [6, 6.07) is 4.04. The van der Waals surface area contributed by atoms with E-state index in [9.17, 15) is 4.79 Å². The highest BCUT2D eigenvalue weighted by molar-refractivity contribution is 5.78. The number of nitrogens with zero attached hydrogens (tertiary/aromatic N) is 4. The van der Waals surface area contributed by atoms with Crippen LogP contribution >= 0.6 is 0 Å². The summed E-state index contributed by atoms with van der Waals surface area (Å²) in [6.45, 7) is 4.78. The fourth-order valence-corrected chi connectivity index (χ4v) is 2.83. The Morgan fingerprint density at radius 3 is 3.00 bits per heavy atom. The molecule has 6 nitrogen and oxygen atoms in total. The molecular weight excluding hydrogens is 278 g/mol.